The van der Waals surface area contributed by atoms with E-state index >= 15 is 0 Å². The minimum atomic E-state index is -3.31. The van der Waals surface area contributed by atoms with Crippen LogP contribution >= 0.6 is 23.2 Å². The molecular formula is C21H19Cl2N3O4S. The van der Waals surface area contributed by atoms with Gasteiger partial charge in [0.25, 0.3) is 5.91 Å². The van der Waals surface area contributed by atoms with Gasteiger partial charge in [-0.3, -0.25) is 4.79 Å². The summed E-state index contributed by atoms with van der Waals surface area (Å²) in [5.74, 6) is -0.0371. The predicted octanol–water partition coefficient (Wildman–Crippen LogP) is 4.40. The Hall–Kier alpha value is -2.55. The molecule has 0 radical (unpaired) electrons. The standard InChI is InChI=1S/C21H19Cl2N3O4S/c1-21(2,30-16-9-5-14(23)6-10-16)20(27)24-19-17-11-31(28,29)12-18(17)25-26(19)15-7-3-13(22)4-8-15/h3-10H,11-12H2,1-2H3,(H,24,27). The third kappa shape index (κ3) is 4.56. The molecule has 0 fully saturated rings. The van der Waals surface area contributed by atoms with Gasteiger partial charge in [-0.15, -0.1) is 0 Å². The van der Waals surface area contributed by atoms with Gasteiger partial charge in [0.05, 0.1) is 22.9 Å². The Balaban J connectivity index is 1.67. The van der Waals surface area contributed by atoms with Gasteiger partial charge in [0.15, 0.2) is 15.4 Å². The second-order valence-corrected chi connectivity index (χ2v) is 10.7. The molecule has 1 N–H and O–H groups in total. The largest absolute Gasteiger partial charge is 0.478 e. The maximum Gasteiger partial charge on any atom is 0.269 e. The number of carbonyl (C=O) groups excluding carboxylic acids is 1. The van der Waals surface area contributed by atoms with Crippen LogP contribution in [-0.2, 0) is 26.1 Å². The van der Waals surface area contributed by atoms with Crippen molar-refractivity contribution in [2.75, 3.05) is 5.32 Å². The zero-order chi connectivity index (χ0) is 22.4. The number of rotatable bonds is 5. The number of hydrogen-bond acceptors (Lipinski definition) is 5. The number of nitrogens with one attached hydrogen (secondary N) is 1. The Morgan fingerprint density at radius 2 is 1.61 bits per heavy atom. The summed E-state index contributed by atoms with van der Waals surface area (Å²) in [5.41, 5.74) is 0.281. The van der Waals surface area contributed by atoms with Crippen LogP contribution in [0.1, 0.15) is 25.1 Å². The summed E-state index contributed by atoms with van der Waals surface area (Å²) in [4.78, 5) is 13.1. The molecule has 4 rings (SSSR count). The van der Waals surface area contributed by atoms with E-state index < -0.39 is 21.3 Å². The summed E-state index contributed by atoms with van der Waals surface area (Å²) in [5, 5.41) is 8.37. The minimum Gasteiger partial charge on any atom is -0.478 e. The quantitative estimate of drug-likeness (QED) is 0.585. The molecular weight excluding hydrogens is 461 g/mol. The molecule has 0 atom stereocenters. The van der Waals surface area contributed by atoms with Crippen LogP contribution in [0.5, 0.6) is 5.75 Å². The summed E-state index contributed by atoms with van der Waals surface area (Å²) >= 11 is 11.9. The highest BCUT2D eigenvalue weighted by atomic mass is 35.5. The molecule has 1 aliphatic heterocycles. The lowest BCUT2D eigenvalue weighted by atomic mass is 10.1. The third-order valence-electron chi connectivity index (χ3n) is 4.82. The molecule has 0 saturated carbocycles. The fraction of sp³-hybridized carbons (Fsp3) is 0.238. The van der Waals surface area contributed by atoms with Crippen LogP contribution in [0.2, 0.25) is 10.0 Å². The molecule has 1 amide bonds. The Bertz CT molecular complexity index is 1250. The number of hydrogen-bond donors (Lipinski definition) is 1. The van der Waals surface area contributed by atoms with E-state index in [0.717, 1.165) is 0 Å². The van der Waals surface area contributed by atoms with Crippen molar-refractivity contribution in [3.8, 4) is 11.4 Å². The van der Waals surface area contributed by atoms with Crippen molar-refractivity contribution in [3.05, 3.63) is 69.8 Å². The van der Waals surface area contributed by atoms with E-state index in [-0.39, 0.29) is 11.5 Å². The van der Waals surface area contributed by atoms with Gasteiger partial charge in [-0.2, -0.15) is 5.10 Å². The summed E-state index contributed by atoms with van der Waals surface area (Å²) < 4.78 is 31.6. The second kappa shape index (κ2) is 7.85. The van der Waals surface area contributed by atoms with Crippen molar-refractivity contribution in [2.45, 2.75) is 31.0 Å². The van der Waals surface area contributed by atoms with E-state index in [4.69, 9.17) is 27.9 Å². The number of anilines is 1. The predicted molar refractivity (Wildman–Crippen MR) is 120 cm³/mol. The Labute approximate surface area is 189 Å². The van der Waals surface area contributed by atoms with E-state index in [1.807, 2.05) is 0 Å². The number of halogens is 2. The maximum atomic E-state index is 13.1. The van der Waals surface area contributed by atoms with E-state index in [9.17, 15) is 13.2 Å². The van der Waals surface area contributed by atoms with Gasteiger partial charge in [-0.05, 0) is 62.4 Å². The van der Waals surface area contributed by atoms with Crippen molar-refractivity contribution in [1.82, 2.24) is 9.78 Å². The highest BCUT2D eigenvalue weighted by Gasteiger charge is 2.36. The molecule has 31 heavy (non-hydrogen) atoms. The second-order valence-electron chi connectivity index (χ2n) is 7.71. The SMILES string of the molecule is CC(C)(Oc1ccc(Cl)cc1)C(=O)Nc1c2c(nn1-c1ccc(Cl)cc1)CS(=O)(=O)C2. The summed E-state index contributed by atoms with van der Waals surface area (Å²) in [7, 11) is -3.31. The molecule has 0 aliphatic carbocycles. The summed E-state index contributed by atoms with van der Waals surface area (Å²) in [6, 6.07) is 13.5. The van der Waals surface area contributed by atoms with Gasteiger partial charge in [0, 0.05) is 15.6 Å². The lowest BCUT2D eigenvalue weighted by Gasteiger charge is -2.25. The molecule has 0 spiro atoms. The van der Waals surface area contributed by atoms with E-state index in [0.29, 0.717) is 38.6 Å². The Kier molecular flexibility index (Phi) is 5.49. The molecule has 0 saturated heterocycles. The topological polar surface area (TPSA) is 90.3 Å². The van der Waals surface area contributed by atoms with Crippen molar-refractivity contribution >= 4 is 44.8 Å². The van der Waals surface area contributed by atoms with Gasteiger partial charge in [0.1, 0.15) is 11.6 Å². The molecule has 10 heteroatoms. The number of nitrogens with zero attached hydrogens (tertiary/aromatic N) is 2. The zero-order valence-electron chi connectivity index (χ0n) is 16.7. The van der Waals surface area contributed by atoms with Crippen molar-refractivity contribution < 1.29 is 17.9 Å². The first kappa shape index (κ1) is 21.7. The smallest absolute Gasteiger partial charge is 0.269 e. The first-order valence-electron chi connectivity index (χ1n) is 9.37. The van der Waals surface area contributed by atoms with Gasteiger partial charge >= 0.3 is 0 Å². The monoisotopic (exact) mass is 479 g/mol. The molecule has 2 heterocycles. The van der Waals surface area contributed by atoms with Crippen molar-refractivity contribution in [3.63, 3.8) is 0 Å². The third-order valence-corrected chi connectivity index (χ3v) is 6.77. The first-order chi connectivity index (χ1) is 14.5. The number of aromatic nitrogens is 2. The molecule has 1 aliphatic rings. The van der Waals surface area contributed by atoms with E-state index in [2.05, 4.69) is 10.4 Å². The summed E-state index contributed by atoms with van der Waals surface area (Å²) in [6.45, 7) is 3.24. The van der Waals surface area contributed by atoms with Gasteiger partial charge in [0.2, 0.25) is 0 Å². The highest BCUT2D eigenvalue weighted by molar-refractivity contribution is 7.90. The molecule has 7 nitrogen and oxygen atoms in total. The fourth-order valence-corrected chi connectivity index (χ4v) is 4.99. The van der Waals surface area contributed by atoms with E-state index in [1.54, 1.807) is 62.4 Å². The van der Waals surface area contributed by atoms with Crippen LogP contribution < -0.4 is 10.1 Å². The number of carbonyl (C=O) groups is 1. The first-order valence-corrected chi connectivity index (χ1v) is 11.9. The lowest BCUT2D eigenvalue weighted by Crippen LogP contribution is -2.43. The van der Waals surface area contributed by atoms with Crippen LogP contribution in [0.25, 0.3) is 5.69 Å². The van der Waals surface area contributed by atoms with Crippen LogP contribution in [0.3, 0.4) is 0 Å². The average molecular weight is 480 g/mol. The lowest BCUT2D eigenvalue weighted by molar-refractivity contribution is -0.128. The number of ether oxygens (including phenoxy) is 1. The van der Waals surface area contributed by atoms with Crippen LogP contribution in [0.15, 0.2) is 48.5 Å². The molecule has 3 aromatic rings. The molecule has 162 valence electrons. The highest BCUT2D eigenvalue weighted by Crippen LogP contribution is 2.34. The Morgan fingerprint density at radius 3 is 2.23 bits per heavy atom. The maximum absolute atomic E-state index is 13.1. The molecule has 0 bridgehead atoms. The van der Waals surface area contributed by atoms with Gasteiger partial charge < -0.3 is 10.1 Å². The molecule has 1 aromatic heterocycles. The zero-order valence-corrected chi connectivity index (χ0v) is 19.1. The van der Waals surface area contributed by atoms with Crippen molar-refractivity contribution in [2.24, 2.45) is 0 Å². The molecule has 0 unspecified atom stereocenters. The Morgan fingerprint density at radius 1 is 1.03 bits per heavy atom. The minimum absolute atomic E-state index is 0.170. The fourth-order valence-electron chi connectivity index (χ4n) is 3.24. The number of sulfone groups is 1. The number of amides is 1. The van der Waals surface area contributed by atoms with Gasteiger partial charge in [-0.1, -0.05) is 23.2 Å². The van der Waals surface area contributed by atoms with Gasteiger partial charge in [-0.25, -0.2) is 13.1 Å². The average Bonchev–Trinajstić information content (AvgIpc) is 3.16. The van der Waals surface area contributed by atoms with E-state index in [1.165, 1.54) is 4.68 Å². The molecule has 2 aromatic carbocycles. The van der Waals surface area contributed by atoms with Crippen LogP contribution in [0, 0.1) is 0 Å². The van der Waals surface area contributed by atoms with Crippen LogP contribution in [0.4, 0.5) is 5.82 Å². The number of benzene rings is 2. The normalized spacial score (nSPS) is 14.8. The van der Waals surface area contributed by atoms with Crippen LogP contribution in [-0.4, -0.2) is 29.7 Å². The summed E-state index contributed by atoms with van der Waals surface area (Å²) in [6.07, 6.45) is 0. The number of fused-ring (bicyclic) bond motifs is 1. The van der Waals surface area contributed by atoms with Crippen molar-refractivity contribution in [1.29, 1.82) is 0 Å².